The van der Waals surface area contributed by atoms with Crippen molar-refractivity contribution < 1.29 is 9.90 Å². The molecule has 1 atom stereocenters. The van der Waals surface area contributed by atoms with Gasteiger partial charge in [0.25, 0.3) is 0 Å². The highest BCUT2D eigenvalue weighted by Gasteiger charge is 2.39. The number of carboxylic acid groups (broad SMARTS) is 1. The first-order valence-electron chi connectivity index (χ1n) is 5.56. The molecule has 2 N–H and O–H groups in total. The number of aliphatic carboxylic acids is 1. The van der Waals surface area contributed by atoms with Gasteiger partial charge in [-0.05, 0) is 37.4 Å². The van der Waals surface area contributed by atoms with Gasteiger partial charge in [0, 0.05) is 18.9 Å². The molecule has 2 rings (SSSR count). The van der Waals surface area contributed by atoms with E-state index >= 15 is 0 Å². The van der Waals surface area contributed by atoms with Crippen LogP contribution in [0.15, 0.2) is 24.5 Å². The Morgan fingerprint density at radius 1 is 1.62 bits per heavy atom. The quantitative estimate of drug-likeness (QED) is 0.800. The minimum absolute atomic E-state index is 0.553. The third-order valence-electron chi connectivity index (χ3n) is 3.19. The van der Waals surface area contributed by atoms with Crippen molar-refractivity contribution in [3.05, 3.63) is 30.1 Å². The van der Waals surface area contributed by atoms with E-state index in [4.69, 9.17) is 0 Å². The molecule has 86 valence electrons. The largest absolute Gasteiger partial charge is 0.481 e. The van der Waals surface area contributed by atoms with E-state index < -0.39 is 11.4 Å². The fraction of sp³-hybridized carbons (Fsp3) is 0.500. The molecule has 2 heterocycles. The molecule has 1 aromatic rings. The average Bonchev–Trinajstić information content (AvgIpc) is 2.31. The molecule has 0 spiro atoms. The van der Waals surface area contributed by atoms with Gasteiger partial charge in [0.15, 0.2) is 0 Å². The third kappa shape index (κ3) is 2.22. The molecule has 4 nitrogen and oxygen atoms in total. The molecule has 0 aromatic carbocycles. The lowest BCUT2D eigenvalue weighted by Crippen LogP contribution is -2.47. The minimum Gasteiger partial charge on any atom is -0.481 e. The highest BCUT2D eigenvalue weighted by molar-refractivity contribution is 5.75. The molecule has 0 bridgehead atoms. The molecular weight excluding hydrogens is 204 g/mol. The van der Waals surface area contributed by atoms with E-state index in [1.165, 1.54) is 0 Å². The van der Waals surface area contributed by atoms with Crippen molar-refractivity contribution in [2.24, 2.45) is 5.41 Å². The summed E-state index contributed by atoms with van der Waals surface area (Å²) in [5.74, 6) is -0.705. The fourth-order valence-corrected chi connectivity index (χ4v) is 2.27. The van der Waals surface area contributed by atoms with Crippen LogP contribution in [0.1, 0.15) is 18.4 Å². The molecule has 0 amide bonds. The Hall–Kier alpha value is -1.42. The van der Waals surface area contributed by atoms with Gasteiger partial charge >= 0.3 is 5.97 Å². The van der Waals surface area contributed by atoms with E-state index in [-0.39, 0.29) is 0 Å². The van der Waals surface area contributed by atoms with Crippen LogP contribution in [0.4, 0.5) is 0 Å². The second-order valence-electron chi connectivity index (χ2n) is 4.40. The molecule has 0 radical (unpaired) electrons. The summed E-state index contributed by atoms with van der Waals surface area (Å²) in [7, 11) is 0. The zero-order valence-electron chi connectivity index (χ0n) is 9.15. The Bertz CT molecular complexity index is 359. The number of rotatable bonds is 3. The van der Waals surface area contributed by atoms with Crippen LogP contribution in [0.3, 0.4) is 0 Å². The molecule has 1 aliphatic heterocycles. The van der Waals surface area contributed by atoms with Crippen molar-refractivity contribution >= 4 is 5.97 Å². The zero-order chi connectivity index (χ0) is 11.4. The summed E-state index contributed by atoms with van der Waals surface area (Å²) < 4.78 is 0. The van der Waals surface area contributed by atoms with Crippen LogP contribution in [0.5, 0.6) is 0 Å². The van der Waals surface area contributed by atoms with Crippen molar-refractivity contribution in [3.63, 3.8) is 0 Å². The second kappa shape index (κ2) is 4.61. The van der Waals surface area contributed by atoms with Gasteiger partial charge in [-0.2, -0.15) is 0 Å². The molecule has 1 saturated heterocycles. The Labute approximate surface area is 94.7 Å². The number of nitrogens with one attached hydrogen (secondary N) is 1. The van der Waals surface area contributed by atoms with Crippen molar-refractivity contribution in [2.75, 3.05) is 13.1 Å². The van der Waals surface area contributed by atoms with Crippen molar-refractivity contribution in [1.82, 2.24) is 10.3 Å². The summed E-state index contributed by atoms with van der Waals surface area (Å²) in [6.45, 7) is 1.47. The van der Waals surface area contributed by atoms with Crippen molar-refractivity contribution in [2.45, 2.75) is 19.3 Å². The number of pyridine rings is 1. The van der Waals surface area contributed by atoms with Crippen molar-refractivity contribution in [1.29, 1.82) is 0 Å². The molecule has 1 unspecified atom stereocenters. The Morgan fingerprint density at radius 2 is 2.50 bits per heavy atom. The minimum atomic E-state index is -0.705. The Morgan fingerprint density at radius 3 is 3.06 bits per heavy atom. The number of carbonyl (C=O) groups is 1. The van der Waals surface area contributed by atoms with Crippen LogP contribution in [0, 0.1) is 5.41 Å². The van der Waals surface area contributed by atoms with E-state index in [9.17, 15) is 9.90 Å². The SMILES string of the molecule is O=C(O)C1(Cc2cccnc2)CCCNC1. The third-order valence-corrected chi connectivity index (χ3v) is 3.19. The molecule has 0 saturated carbocycles. The maximum atomic E-state index is 11.4. The van der Waals surface area contributed by atoms with E-state index in [0.29, 0.717) is 13.0 Å². The van der Waals surface area contributed by atoms with Crippen LogP contribution < -0.4 is 5.32 Å². The topological polar surface area (TPSA) is 62.2 Å². The van der Waals surface area contributed by atoms with Gasteiger partial charge in [-0.3, -0.25) is 9.78 Å². The van der Waals surface area contributed by atoms with Gasteiger partial charge in [-0.1, -0.05) is 6.07 Å². The lowest BCUT2D eigenvalue weighted by Gasteiger charge is -2.33. The van der Waals surface area contributed by atoms with Gasteiger partial charge in [0.05, 0.1) is 5.41 Å². The summed E-state index contributed by atoms with van der Waals surface area (Å²) in [6.07, 6.45) is 5.68. The van der Waals surface area contributed by atoms with Crippen LogP contribution in [-0.2, 0) is 11.2 Å². The first-order valence-corrected chi connectivity index (χ1v) is 5.56. The molecular formula is C12H16N2O2. The summed E-state index contributed by atoms with van der Waals surface area (Å²) in [5, 5.41) is 12.6. The first kappa shape index (κ1) is 11.1. The van der Waals surface area contributed by atoms with E-state index in [2.05, 4.69) is 10.3 Å². The lowest BCUT2D eigenvalue weighted by atomic mass is 9.76. The number of hydrogen-bond donors (Lipinski definition) is 2. The monoisotopic (exact) mass is 220 g/mol. The van der Waals surface area contributed by atoms with E-state index in [0.717, 1.165) is 24.9 Å². The Balaban J connectivity index is 2.17. The van der Waals surface area contributed by atoms with Crippen LogP contribution in [-0.4, -0.2) is 29.1 Å². The summed E-state index contributed by atoms with van der Waals surface area (Å²) >= 11 is 0. The molecule has 1 aromatic heterocycles. The smallest absolute Gasteiger partial charge is 0.311 e. The van der Waals surface area contributed by atoms with E-state index in [1.807, 2.05) is 12.1 Å². The summed E-state index contributed by atoms with van der Waals surface area (Å²) in [4.78, 5) is 15.4. The standard InChI is InChI=1S/C12H16N2O2/c15-11(16)12(4-2-6-14-9-12)7-10-3-1-5-13-8-10/h1,3,5,8,14H,2,4,6-7,9H2,(H,15,16). The second-order valence-corrected chi connectivity index (χ2v) is 4.40. The van der Waals surface area contributed by atoms with Gasteiger partial charge in [0.2, 0.25) is 0 Å². The predicted octanol–water partition coefficient (Wildman–Crippen LogP) is 1.08. The summed E-state index contributed by atoms with van der Waals surface area (Å²) in [6, 6.07) is 3.79. The first-order chi connectivity index (χ1) is 7.73. The number of aromatic nitrogens is 1. The van der Waals surface area contributed by atoms with Crippen LogP contribution in [0.2, 0.25) is 0 Å². The number of piperidine rings is 1. The van der Waals surface area contributed by atoms with Crippen molar-refractivity contribution in [3.8, 4) is 0 Å². The average molecular weight is 220 g/mol. The summed E-state index contributed by atoms with van der Waals surface area (Å²) in [5.41, 5.74) is 0.343. The molecule has 1 fully saturated rings. The predicted molar refractivity (Wildman–Crippen MR) is 60.1 cm³/mol. The lowest BCUT2D eigenvalue weighted by molar-refractivity contribution is -0.150. The van der Waals surface area contributed by atoms with Gasteiger partial charge in [0.1, 0.15) is 0 Å². The highest BCUT2D eigenvalue weighted by Crippen LogP contribution is 2.30. The zero-order valence-corrected chi connectivity index (χ0v) is 9.15. The maximum Gasteiger partial charge on any atom is 0.311 e. The van der Waals surface area contributed by atoms with Gasteiger partial charge < -0.3 is 10.4 Å². The highest BCUT2D eigenvalue weighted by atomic mass is 16.4. The fourth-order valence-electron chi connectivity index (χ4n) is 2.27. The Kier molecular flexibility index (Phi) is 3.19. The number of carboxylic acids is 1. The molecule has 16 heavy (non-hydrogen) atoms. The maximum absolute atomic E-state index is 11.4. The number of hydrogen-bond acceptors (Lipinski definition) is 3. The van der Waals surface area contributed by atoms with Crippen LogP contribution >= 0.6 is 0 Å². The molecule has 1 aliphatic rings. The van der Waals surface area contributed by atoms with E-state index in [1.54, 1.807) is 12.4 Å². The molecule has 4 heteroatoms. The molecule has 0 aliphatic carbocycles. The van der Waals surface area contributed by atoms with Crippen LogP contribution in [0.25, 0.3) is 0 Å². The normalized spacial score (nSPS) is 25.2. The number of nitrogens with zero attached hydrogens (tertiary/aromatic N) is 1. The van der Waals surface area contributed by atoms with Gasteiger partial charge in [-0.25, -0.2) is 0 Å². The van der Waals surface area contributed by atoms with Gasteiger partial charge in [-0.15, -0.1) is 0 Å².